The number of anilines is 1. The number of carboxylic acids is 1. The Morgan fingerprint density at radius 2 is 1.97 bits per heavy atom. The number of aryl methyl sites for hydroxylation is 1. The number of carbonyl (C=O) groups is 1. The topological polar surface area (TPSA) is 144 Å². The molecule has 1 unspecified atom stereocenters. The maximum absolute atomic E-state index is 15.6. The quantitative estimate of drug-likeness (QED) is 0.508. The second-order valence-corrected chi connectivity index (χ2v) is 8.52. The van der Waals surface area contributed by atoms with Crippen LogP contribution in [-0.2, 0) is 0 Å². The number of aliphatic hydroxyl groups excluding tert-OH is 1. The molecule has 1 saturated heterocycles. The van der Waals surface area contributed by atoms with E-state index in [2.05, 4.69) is 16.0 Å². The van der Waals surface area contributed by atoms with Crippen LogP contribution in [0.3, 0.4) is 0 Å². The van der Waals surface area contributed by atoms with Gasteiger partial charge < -0.3 is 30.2 Å². The van der Waals surface area contributed by atoms with Gasteiger partial charge in [0.15, 0.2) is 11.2 Å². The number of fused-ring (bicyclic) bond motifs is 1. The molecule has 2 fully saturated rings. The average molecular weight is 476 g/mol. The molecule has 0 amide bonds. The van der Waals surface area contributed by atoms with Gasteiger partial charge in [-0.15, -0.1) is 5.10 Å². The number of carboxylic acid groups (broad SMARTS) is 1. The lowest BCUT2D eigenvalue weighted by Gasteiger charge is -2.22. The van der Waals surface area contributed by atoms with Gasteiger partial charge in [-0.2, -0.15) is 0 Å². The zero-order chi connectivity index (χ0) is 24.6. The fourth-order valence-electron chi connectivity index (χ4n) is 4.21. The number of hydrogen-bond acceptors (Lipinski definition) is 7. The molecule has 4 N–H and O–H groups in total. The van der Waals surface area contributed by atoms with Gasteiger partial charge >= 0.3 is 0 Å². The molecule has 1 atom stereocenters. The molecule has 2 aromatic heterocycles. The third kappa shape index (κ3) is 4.38. The third-order valence-electron chi connectivity index (χ3n) is 5.98. The molecule has 3 heterocycles. The van der Waals surface area contributed by atoms with Crippen LogP contribution < -0.4 is 21.2 Å². The minimum absolute atomic E-state index is 0.0658. The molecule has 0 bridgehead atoms. The van der Waals surface area contributed by atoms with Gasteiger partial charge in [0.05, 0.1) is 47.3 Å². The van der Waals surface area contributed by atoms with Crippen molar-refractivity contribution in [3.8, 4) is 0 Å². The number of aromatic nitrogens is 4. The van der Waals surface area contributed by atoms with Gasteiger partial charge in [-0.25, -0.2) is 13.5 Å². The van der Waals surface area contributed by atoms with Crippen LogP contribution in [0, 0.1) is 18.6 Å². The van der Waals surface area contributed by atoms with Crippen molar-refractivity contribution in [1.82, 2.24) is 19.6 Å². The lowest BCUT2D eigenvalue weighted by molar-refractivity contribution is -0.372. The van der Waals surface area contributed by atoms with E-state index in [-0.39, 0.29) is 35.3 Å². The van der Waals surface area contributed by atoms with Crippen molar-refractivity contribution in [3.05, 3.63) is 51.6 Å². The Labute approximate surface area is 193 Å². The molecule has 1 aliphatic heterocycles. The molecule has 34 heavy (non-hydrogen) atoms. The van der Waals surface area contributed by atoms with E-state index >= 15 is 4.39 Å². The first kappa shape index (κ1) is 23.8. The molecule has 10 nitrogen and oxygen atoms in total. The number of carbonyl (C=O) groups excluding carboxylic acids is 1. The zero-order valence-electron chi connectivity index (χ0n) is 18.7. The Balaban J connectivity index is 0.000000636. The summed E-state index contributed by atoms with van der Waals surface area (Å²) in [5.41, 5.74) is 2.30. The van der Waals surface area contributed by atoms with E-state index in [4.69, 9.17) is 5.11 Å². The number of rotatable bonds is 5. The maximum Gasteiger partial charge on any atom is 0.198 e. The Morgan fingerprint density at radius 1 is 1.26 bits per heavy atom. The molecule has 5 rings (SSSR count). The van der Waals surface area contributed by atoms with Crippen LogP contribution in [-0.4, -0.2) is 56.9 Å². The minimum Gasteiger partial charge on any atom is -0.545 e. The average Bonchev–Trinajstić information content (AvgIpc) is 3.38. The smallest absolute Gasteiger partial charge is 0.198 e. The summed E-state index contributed by atoms with van der Waals surface area (Å²) >= 11 is 0. The number of pyridine rings is 1. The van der Waals surface area contributed by atoms with Crippen molar-refractivity contribution in [2.24, 2.45) is 0 Å². The molecule has 12 heteroatoms. The van der Waals surface area contributed by atoms with E-state index in [0.29, 0.717) is 26.1 Å². The first-order valence-corrected chi connectivity index (χ1v) is 11.1. The van der Waals surface area contributed by atoms with Crippen LogP contribution in [0.5, 0.6) is 0 Å². The lowest BCUT2D eigenvalue weighted by Crippen LogP contribution is -2.51. The van der Waals surface area contributed by atoms with E-state index < -0.39 is 28.6 Å². The summed E-state index contributed by atoms with van der Waals surface area (Å²) in [5, 5.41) is 26.9. The van der Waals surface area contributed by atoms with Gasteiger partial charge in [0.25, 0.3) is 0 Å². The summed E-state index contributed by atoms with van der Waals surface area (Å²) in [6, 6.07) is 0.740. The molecule has 2 aliphatic rings. The predicted molar refractivity (Wildman–Crippen MR) is 116 cm³/mol. The lowest BCUT2D eigenvalue weighted by atomic mass is 10.1. The van der Waals surface area contributed by atoms with Crippen molar-refractivity contribution >= 4 is 22.6 Å². The molecule has 182 valence electrons. The number of aliphatic hydroxyl groups is 1. The van der Waals surface area contributed by atoms with Gasteiger partial charge in [-0.1, -0.05) is 5.21 Å². The van der Waals surface area contributed by atoms with Crippen LogP contribution in [0.1, 0.15) is 47.4 Å². The Morgan fingerprint density at radius 3 is 2.53 bits per heavy atom. The fourth-order valence-corrected chi connectivity index (χ4v) is 4.21. The Kier molecular flexibility index (Phi) is 6.62. The van der Waals surface area contributed by atoms with Crippen molar-refractivity contribution < 1.29 is 29.5 Å². The van der Waals surface area contributed by atoms with Gasteiger partial charge in [0, 0.05) is 31.5 Å². The Bertz CT molecular complexity index is 1280. The number of nitrogens with zero attached hydrogens (tertiary/aromatic N) is 5. The normalized spacial score (nSPS) is 17.7. The minimum atomic E-state index is -1.66. The number of halogens is 2. The highest BCUT2D eigenvalue weighted by Crippen LogP contribution is 2.40. The molecule has 0 spiro atoms. The summed E-state index contributed by atoms with van der Waals surface area (Å²) in [6.07, 6.45) is 5.00. The summed E-state index contributed by atoms with van der Waals surface area (Å²) in [6.45, 7) is 3.40. The van der Waals surface area contributed by atoms with E-state index in [1.807, 2.05) is 6.92 Å². The molecule has 1 aromatic carbocycles. The molecule has 1 aliphatic carbocycles. The van der Waals surface area contributed by atoms with E-state index in [1.54, 1.807) is 15.8 Å². The van der Waals surface area contributed by atoms with E-state index in [1.165, 1.54) is 4.57 Å². The molecule has 3 aromatic rings. The van der Waals surface area contributed by atoms with Gasteiger partial charge in [-0.05, 0) is 32.3 Å². The van der Waals surface area contributed by atoms with Crippen molar-refractivity contribution in [1.29, 1.82) is 0 Å². The number of quaternary nitrogens is 1. The van der Waals surface area contributed by atoms with Gasteiger partial charge in [-0.3, -0.25) is 4.79 Å². The zero-order valence-corrected chi connectivity index (χ0v) is 18.7. The van der Waals surface area contributed by atoms with E-state index in [9.17, 15) is 19.1 Å². The highest BCUT2D eigenvalue weighted by atomic mass is 19.1. The summed E-state index contributed by atoms with van der Waals surface area (Å²) in [5.74, 6) is -3.41. The van der Waals surface area contributed by atoms with Crippen LogP contribution in [0.25, 0.3) is 10.9 Å². The Hall–Kier alpha value is -3.38. The second kappa shape index (κ2) is 9.47. The molecule has 0 radical (unpaired) electrons. The summed E-state index contributed by atoms with van der Waals surface area (Å²) in [7, 11) is 0. The van der Waals surface area contributed by atoms with Crippen LogP contribution in [0.4, 0.5) is 14.5 Å². The van der Waals surface area contributed by atoms with Crippen molar-refractivity contribution in [3.63, 3.8) is 0 Å². The molecular formula is C22H26F2N6O4. The van der Waals surface area contributed by atoms with Gasteiger partial charge in [0.2, 0.25) is 0 Å². The first-order chi connectivity index (χ1) is 16.3. The van der Waals surface area contributed by atoms with Crippen LogP contribution in [0.2, 0.25) is 0 Å². The molecular weight excluding hydrogens is 450 g/mol. The third-order valence-corrected chi connectivity index (χ3v) is 5.98. The van der Waals surface area contributed by atoms with Crippen LogP contribution in [0.15, 0.2) is 23.3 Å². The predicted octanol–water partition coefficient (Wildman–Crippen LogP) is -0.450. The number of hydrogen-bond donors (Lipinski definition) is 2. The van der Waals surface area contributed by atoms with E-state index in [0.717, 1.165) is 30.8 Å². The van der Waals surface area contributed by atoms with Crippen LogP contribution >= 0.6 is 0 Å². The molecule has 1 saturated carbocycles. The number of benzene rings is 1. The van der Waals surface area contributed by atoms with Crippen molar-refractivity contribution in [2.75, 3.05) is 31.1 Å². The first-order valence-electron chi connectivity index (χ1n) is 11.1. The summed E-state index contributed by atoms with van der Waals surface area (Å²) in [4.78, 5) is 25.5. The fraction of sp³-hybridized carbons (Fsp3) is 0.455. The summed E-state index contributed by atoms with van der Waals surface area (Å²) < 4.78 is 33.8. The SMILES string of the molecule is Cc1cn(C2CCN(c3c(F)cc4c(=O)c(C(=O)[O-])cn(C5CC5)c4c3F)C2)nn1.[NH3+]CCO. The monoisotopic (exact) mass is 476 g/mol. The largest absolute Gasteiger partial charge is 0.545 e. The van der Waals surface area contributed by atoms with Crippen molar-refractivity contribution in [2.45, 2.75) is 38.3 Å². The highest BCUT2D eigenvalue weighted by molar-refractivity contribution is 5.93. The second-order valence-electron chi connectivity index (χ2n) is 8.52. The maximum atomic E-state index is 15.6. The van der Waals surface area contributed by atoms with Gasteiger partial charge in [0.1, 0.15) is 11.5 Å². The highest BCUT2D eigenvalue weighted by Gasteiger charge is 2.33. The number of aromatic carboxylic acids is 1. The standard InChI is InChI=1S/C20H19F2N5O3.C2H7NO/c1-10-7-27(24-23-10)12-4-5-25(8-12)18-15(21)6-13-17(16(18)22)26(11-2-3-11)9-14(19(13)28)20(29)30;3-1-2-4/h6-7,9,11-12H,2-5,8H2,1H3,(H,29,30);4H,1-3H2.